The van der Waals surface area contributed by atoms with E-state index in [2.05, 4.69) is 15.6 Å². The number of fused-ring (bicyclic) bond motifs is 2. The van der Waals surface area contributed by atoms with Crippen molar-refractivity contribution in [1.29, 1.82) is 0 Å². The van der Waals surface area contributed by atoms with E-state index in [-0.39, 0.29) is 24.1 Å². The molecular weight excluding hydrogens is 458 g/mol. The molecule has 3 aromatic rings. The lowest BCUT2D eigenvalue weighted by Crippen LogP contribution is -2.39. The van der Waals surface area contributed by atoms with E-state index in [1.54, 1.807) is 18.2 Å². The summed E-state index contributed by atoms with van der Waals surface area (Å²) in [4.78, 5) is 54.5. The van der Waals surface area contributed by atoms with Crippen LogP contribution in [0.5, 0.6) is 0 Å². The molecule has 1 saturated heterocycles. The molecule has 0 radical (unpaired) electrons. The van der Waals surface area contributed by atoms with Gasteiger partial charge in [0.1, 0.15) is 6.10 Å². The second-order valence-electron chi connectivity index (χ2n) is 8.22. The molecule has 2 aliphatic heterocycles. The quantitative estimate of drug-likeness (QED) is 0.457. The Labute approximate surface area is 198 Å². The number of anilines is 2. The van der Waals surface area contributed by atoms with E-state index in [4.69, 9.17) is 4.74 Å². The molecular formula is C23H23N5O5S. The first kappa shape index (κ1) is 22.2. The maximum Gasteiger partial charge on any atom is 0.414 e. The van der Waals surface area contributed by atoms with Crippen molar-refractivity contribution in [3.05, 3.63) is 62.8 Å². The number of para-hydroxylation sites is 1. The van der Waals surface area contributed by atoms with Crippen molar-refractivity contribution < 1.29 is 14.3 Å². The van der Waals surface area contributed by atoms with Gasteiger partial charge in [-0.2, -0.15) is 0 Å². The van der Waals surface area contributed by atoms with E-state index in [1.165, 1.54) is 21.2 Å². The van der Waals surface area contributed by atoms with Crippen molar-refractivity contribution in [2.45, 2.75) is 24.5 Å². The van der Waals surface area contributed by atoms with Gasteiger partial charge in [-0.3, -0.25) is 19.1 Å². The molecule has 1 fully saturated rings. The van der Waals surface area contributed by atoms with Crippen LogP contribution >= 0.6 is 11.8 Å². The molecule has 11 heteroatoms. The molecule has 176 valence electrons. The minimum Gasteiger partial charge on any atom is -0.443 e. The number of thioether (sulfide) groups is 1. The van der Waals surface area contributed by atoms with Gasteiger partial charge in [0.2, 0.25) is 5.91 Å². The van der Waals surface area contributed by atoms with Crippen molar-refractivity contribution in [2.24, 2.45) is 0 Å². The Morgan fingerprint density at radius 3 is 2.88 bits per heavy atom. The van der Waals surface area contributed by atoms with Gasteiger partial charge in [-0.05, 0) is 36.8 Å². The summed E-state index contributed by atoms with van der Waals surface area (Å²) in [6.07, 6.45) is -0.846. The van der Waals surface area contributed by atoms with Gasteiger partial charge < -0.3 is 20.4 Å². The third-order valence-corrected chi connectivity index (χ3v) is 6.96. The number of nitrogens with one attached hydrogen (secondary N) is 3. The first-order chi connectivity index (χ1) is 16.4. The summed E-state index contributed by atoms with van der Waals surface area (Å²) in [5.74, 6) is 0.308. The molecule has 0 aliphatic carbocycles. The van der Waals surface area contributed by atoms with Gasteiger partial charge in [0.25, 0.3) is 5.56 Å². The lowest BCUT2D eigenvalue weighted by Gasteiger charge is -2.20. The lowest BCUT2D eigenvalue weighted by molar-refractivity contribution is -0.113. The number of aromatic nitrogens is 2. The minimum absolute atomic E-state index is 0.0692. The molecule has 0 bridgehead atoms. The van der Waals surface area contributed by atoms with Gasteiger partial charge in [0, 0.05) is 30.2 Å². The number of hydrogen-bond donors (Lipinski definition) is 3. The molecule has 2 aliphatic rings. The molecule has 1 aromatic heterocycles. The number of carbonyl (C=O) groups excluding carboxylic acids is 2. The zero-order valence-electron chi connectivity index (χ0n) is 18.4. The normalized spacial score (nSPS) is 17.6. The minimum atomic E-state index is -0.459. The highest BCUT2D eigenvalue weighted by molar-refractivity contribution is 8.00. The molecule has 34 heavy (non-hydrogen) atoms. The Kier molecular flexibility index (Phi) is 5.88. The number of H-pyrrole nitrogens is 1. The summed E-state index contributed by atoms with van der Waals surface area (Å²) in [6.45, 7) is 3.11. The van der Waals surface area contributed by atoms with Crippen LogP contribution in [-0.4, -0.2) is 53.0 Å². The smallest absolute Gasteiger partial charge is 0.414 e. The van der Waals surface area contributed by atoms with Crippen molar-refractivity contribution in [3.63, 3.8) is 0 Å². The van der Waals surface area contributed by atoms with Gasteiger partial charge in [0.05, 0.1) is 28.9 Å². The molecule has 0 saturated carbocycles. The summed E-state index contributed by atoms with van der Waals surface area (Å²) in [5, 5.41) is 6.46. The summed E-state index contributed by atoms with van der Waals surface area (Å²) >= 11 is 1.46. The van der Waals surface area contributed by atoms with Crippen LogP contribution in [0, 0.1) is 6.92 Å². The van der Waals surface area contributed by atoms with Crippen LogP contribution < -0.4 is 26.8 Å². The molecule has 1 atom stereocenters. The van der Waals surface area contributed by atoms with E-state index in [0.29, 0.717) is 47.7 Å². The van der Waals surface area contributed by atoms with Crippen LogP contribution in [-0.2, 0) is 16.1 Å². The van der Waals surface area contributed by atoms with E-state index in [9.17, 15) is 19.2 Å². The van der Waals surface area contributed by atoms with Crippen molar-refractivity contribution in [1.82, 2.24) is 14.9 Å². The lowest BCUT2D eigenvalue weighted by atomic mass is 10.1. The fourth-order valence-electron chi connectivity index (χ4n) is 4.16. The predicted molar refractivity (Wildman–Crippen MR) is 130 cm³/mol. The first-order valence-electron chi connectivity index (χ1n) is 10.9. The van der Waals surface area contributed by atoms with E-state index >= 15 is 0 Å². The molecule has 5 rings (SSSR count). The van der Waals surface area contributed by atoms with Crippen molar-refractivity contribution in [3.8, 4) is 0 Å². The summed E-state index contributed by atoms with van der Waals surface area (Å²) in [5.41, 5.74) is 1.95. The van der Waals surface area contributed by atoms with Crippen molar-refractivity contribution in [2.75, 3.05) is 35.6 Å². The van der Waals surface area contributed by atoms with Crippen LogP contribution in [0.1, 0.15) is 5.56 Å². The molecule has 3 N–H and O–H groups in total. The van der Waals surface area contributed by atoms with Crippen LogP contribution in [0.15, 0.2) is 50.9 Å². The van der Waals surface area contributed by atoms with Gasteiger partial charge in [-0.25, -0.2) is 9.59 Å². The van der Waals surface area contributed by atoms with E-state index < -0.39 is 11.8 Å². The Morgan fingerprint density at radius 2 is 2.03 bits per heavy atom. The fourth-order valence-corrected chi connectivity index (χ4v) is 4.95. The van der Waals surface area contributed by atoms with Gasteiger partial charge in [-0.1, -0.05) is 12.1 Å². The zero-order chi connectivity index (χ0) is 23.8. The highest BCUT2D eigenvalue weighted by Crippen LogP contribution is 2.35. The Balaban J connectivity index is 1.20. The van der Waals surface area contributed by atoms with E-state index in [1.807, 2.05) is 25.1 Å². The summed E-state index contributed by atoms with van der Waals surface area (Å²) in [6, 6.07) is 10.8. The number of cyclic esters (lactones) is 1. The van der Waals surface area contributed by atoms with Crippen LogP contribution in [0.25, 0.3) is 10.9 Å². The summed E-state index contributed by atoms with van der Waals surface area (Å²) in [7, 11) is 0. The Hall–Kier alpha value is -3.57. The van der Waals surface area contributed by atoms with Gasteiger partial charge in [-0.15, -0.1) is 11.8 Å². The average molecular weight is 482 g/mol. The van der Waals surface area contributed by atoms with E-state index in [0.717, 1.165) is 10.5 Å². The number of aromatic amines is 1. The number of ether oxygens (including phenoxy) is 1. The standard InChI is InChI=1S/C23H23N5O5S/c1-13-3-2-4-16-20(13)26-22(31)27(21(16)30)8-7-24-10-15-11-28(23(32)33-15)14-5-6-18-17(9-14)25-19(29)12-34-18/h2-6,9,15,24H,7-8,10-12H2,1H3,(H,25,29)(H,26,31)/t15-/m1/s1. The number of carbonyl (C=O) groups is 2. The average Bonchev–Trinajstić information content (AvgIpc) is 3.19. The molecule has 2 amide bonds. The maximum atomic E-state index is 12.7. The first-order valence-corrected chi connectivity index (χ1v) is 11.9. The molecule has 3 heterocycles. The second-order valence-corrected chi connectivity index (χ2v) is 9.24. The summed E-state index contributed by atoms with van der Waals surface area (Å²) < 4.78 is 6.63. The highest BCUT2D eigenvalue weighted by Gasteiger charge is 2.32. The van der Waals surface area contributed by atoms with Gasteiger partial charge >= 0.3 is 11.8 Å². The third kappa shape index (κ3) is 4.19. The number of rotatable bonds is 6. The molecule has 2 aromatic carbocycles. The fraction of sp³-hybridized carbons (Fsp3) is 0.304. The van der Waals surface area contributed by atoms with Crippen LogP contribution in [0.3, 0.4) is 0 Å². The predicted octanol–water partition coefficient (Wildman–Crippen LogP) is 1.66. The molecule has 0 unspecified atom stereocenters. The third-order valence-electron chi connectivity index (χ3n) is 5.89. The Morgan fingerprint density at radius 1 is 1.18 bits per heavy atom. The number of hydrogen-bond acceptors (Lipinski definition) is 7. The number of aryl methyl sites for hydroxylation is 1. The highest BCUT2D eigenvalue weighted by atomic mass is 32.2. The topological polar surface area (TPSA) is 126 Å². The number of nitrogens with zero attached hydrogens (tertiary/aromatic N) is 2. The number of benzene rings is 2. The van der Waals surface area contributed by atoms with Crippen molar-refractivity contribution >= 4 is 46.0 Å². The maximum absolute atomic E-state index is 12.7. The Bertz CT molecular complexity index is 1420. The number of amides is 2. The molecule has 10 nitrogen and oxygen atoms in total. The van der Waals surface area contributed by atoms with Crippen LogP contribution in [0.4, 0.5) is 16.2 Å². The van der Waals surface area contributed by atoms with Gasteiger partial charge in [0.15, 0.2) is 0 Å². The SMILES string of the molecule is Cc1cccc2c(=O)n(CCNC[C@@H]3CN(c4ccc5c(c4)NC(=O)CS5)C(=O)O3)c(=O)[nH]c12. The van der Waals surface area contributed by atoms with Crippen LogP contribution in [0.2, 0.25) is 0 Å². The monoisotopic (exact) mass is 481 g/mol. The molecule has 0 spiro atoms. The largest absolute Gasteiger partial charge is 0.443 e. The zero-order valence-corrected chi connectivity index (χ0v) is 19.2. The second kappa shape index (κ2) is 8.99.